The van der Waals surface area contributed by atoms with Gasteiger partial charge in [0.2, 0.25) is 11.9 Å². The van der Waals surface area contributed by atoms with Gasteiger partial charge in [-0.1, -0.05) is 11.8 Å². The summed E-state index contributed by atoms with van der Waals surface area (Å²) in [5.41, 5.74) is 10.7. The summed E-state index contributed by atoms with van der Waals surface area (Å²) >= 11 is 0.989. The van der Waals surface area contributed by atoms with Crippen molar-refractivity contribution in [2.75, 3.05) is 11.5 Å². The van der Waals surface area contributed by atoms with E-state index in [4.69, 9.17) is 16.6 Å². The molecule has 0 fully saturated rings. The van der Waals surface area contributed by atoms with E-state index in [0.29, 0.717) is 5.16 Å². The average molecular weight is 259 g/mol. The van der Waals surface area contributed by atoms with Crippen LogP contribution in [-0.4, -0.2) is 37.5 Å². The van der Waals surface area contributed by atoms with Crippen LogP contribution in [0.25, 0.3) is 0 Å². The van der Waals surface area contributed by atoms with Gasteiger partial charge in [0.05, 0.1) is 5.75 Å². The first-order valence-electron chi connectivity index (χ1n) is 4.75. The molecule has 0 aliphatic carbocycles. The van der Waals surface area contributed by atoms with Crippen LogP contribution < -0.4 is 11.5 Å². The zero-order valence-corrected chi connectivity index (χ0v) is 9.98. The zero-order chi connectivity index (χ0) is 13.0. The number of amides is 1. The van der Waals surface area contributed by atoms with Crippen LogP contribution in [0.3, 0.4) is 0 Å². The molecule has 9 heteroatoms. The number of hydrogen-bond donors (Lipinski definition) is 3. The van der Waals surface area contributed by atoms with Gasteiger partial charge in [-0.2, -0.15) is 0 Å². The zero-order valence-electron chi connectivity index (χ0n) is 9.16. The third-order valence-electron chi connectivity index (χ3n) is 1.95. The van der Waals surface area contributed by atoms with Gasteiger partial charge in [-0.25, -0.2) is 0 Å². The molecule has 0 bridgehead atoms. The van der Waals surface area contributed by atoms with Gasteiger partial charge in [-0.05, 0) is 6.92 Å². The molecule has 1 heterocycles. The molecule has 0 radical (unpaired) electrons. The van der Waals surface area contributed by atoms with Crippen LogP contribution in [0.1, 0.15) is 19.4 Å². The standard InChI is InChI=1S/C8H13N5O3S/c1-4(2-5(9)14)13-7(10)11-12-8(13)17-3-6(15)16/h4H,2-3H2,1H3,(H2,9,14)(H2,10,11)(H,15,16). The highest BCUT2D eigenvalue weighted by atomic mass is 32.2. The fourth-order valence-electron chi connectivity index (χ4n) is 1.31. The van der Waals surface area contributed by atoms with Crippen LogP contribution in [0.2, 0.25) is 0 Å². The normalized spacial score (nSPS) is 12.3. The number of nitrogens with two attached hydrogens (primary N) is 2. The van der Waals surface area contributed by atoms with Crippen molar-refractivity contribution >= 4 is 29.6 Å². The molecule has 0 saturated carbocycles. The van der Waals surface area contributed by atoms with E-state index in [0.717, 1.165) is 11.8 Å². The molecule has 94 valence electrons. The summed E-state index contributed by atoms with van der Waals surface area (Å²) in [5.74, 6) is -1.46. The number of thioether (sulfide) groups is 1. The summed E-state index contributed by atoms with van der Waals surface area (Å²) in [7, 11) is 0. The molecule has 1 aromatic rings. The van der Waals surface area contributed by atoms with Crippen molar-refractivity contribution in [3.63, 3.8) is 0 Å². The molecule has 1 amide bonds. The van der Waals surface area contributed by atoms with Gasteiger partial charge in [0.15, 0.2) is 5.16 Å². The van der Waals surface area contributed by atoms with E-state index in [1.807, 2.05) is 0 Å². The van der Waals surface area contributed by atoms with Crippen LogP contribution in [0.5, 0.6) is 0 Å². The third-order valence-corrected chi connectivity index (χ3v) is 2.88. The largest absolute Gasteiger partial charge is 0.481 e. The van der Waals surface area contributed by atoms with Crippen LogP contribution in [0, 0.1) is 0 Å². The van der Waals surface area contributed by atoms with E-state index in [2.05, 4.69) is 10.2 Å². The molecule has 1 aromatic heterocycles. The fraction of sp³-hybridized carbons (Fsp3) is 0.500. The summed E-state index contributed by atoms with van der Waals surface area (Å²) in [6.45, 7) is 1.73. The van der Waals surface area contributed by atoms with E-state index < -0.39 is 11.9 Å². The second-order valence-electron chi connectivity index (χ2n) is 3.41. The Kier molecular flexibility index (Phi) is 4.32. The first-order valence-corrected chi connectivity index (χ1v) is 5.73. The van der Waals surface area contributed by atoms with Crippen molar-refractivity contribution in [3.8, 4) is 0 Å². The number of hydrogen-bond acceptors (Lipinski definition) is 6. The molecule has 0 aliphatic rings. The lowest BCUT2D eigenvalue weighted by molar-refractivity contribution is -0.134. The number of rotatable bonds is 6. The lowest BCUT2D eigenvalue weighted by Gasteiger charge is -2.14. The van der Waals surface area contributed by atoms with Crippen molar-refractivity contribution in [2.45, 2.75) is 24.5 Å². The summed E-state index contributed by atoms with van der Waals surface area (Å²) < 4.78 is 1.50. The molecule has 0 aliphatic heterocycles. The number of anilines is 1. The van der Waals surface area contributed by atoms with E-state index in [9.17, 15) is 9.59 Å². The van der Waals surface area contributed by atoms with Crippen molar-refractivity contribution in [2.24, 2.45) is 5.73 Å². The SMILES string of the molecule is CC(CC(N)=O)n1c(N)nnc1SCC(=O)O. The maximum atomic E-state index is 10.8. The molecule has 5 N–H and O–H groups in total. The third kappa shape index (κ3) is 3.63. The highest BCUT2D eigenvalue weighted by Gasteiger charge is 2.18. The molecule has 1 unspecified atom stereocenters. The number of carbonyl (C=O) groups is 2. The van der Waals surface area contributed by atoms with Gasteiger partial charge in [0.1, 0.15) is 0 Å². The Labute approximate surface area is 101 Å². The minimum absolute atomic E-state index is 0.0862. The maximum Gasteiger partial charge on any atom is 0.313 e. The molecule has 1 rings (SSSR count). The van der Waals surface area contributed by atoms with Gasteiger partial charge < -0.3 is 16.6 Å². The molecule has 17 heavy (non-hydrogen) atoms. The summed E-state index contributed by atoms with van der Waals surface area (Å²) in [6.07, 6.45) is 0.0862. The number of carbonyl (C=O) groups excluding carboxylic acids is 1. The van der Waals surface area contributed by atoms with Gasteiger partial charge in [0, 0.05) is 12.5 Å². The van der Waals surface area contributed by atoms with Crippen molar-refractivity contribution < 1.29 is 14.7 Å². The molecule has 0 spiro atoms. The van der Waals surface area contributed by atoms with Crippen molar-refractivity contribution in [3.05, 3.63) is 0 Å². The van der Waals surface area contributed by atoms with E-state index in [1.165, 1.54) is 4.57 Å². The Hall–Kier alpha value is -1.77. The predicted octanol–water partition coefficient (Wildman–Crippen LogP) is -0.527. The Morgan fingerprint density at radius 1 is 1.53 bits per heavy atom. The summed E-state index contributed by atoms with van der Waals surface area (Å²) in [6, 6.07) is -0.307. The molecule has 8 nitrogen and oxygen atoms in total. The number of carboxylic acids is 1. The van der Waals surface area contributed by atoms with E-state index >= 15 is 0 Å². The van der Waals surface area contributed by atoms with Gasteiger partial charge in [-0.15, -0.1) is 10.2 Å². The van der Waals surface area contributed by atoms with Crippen molar-refractivity contribution in [1.82, 2.24) is 14.8 Å². The Morgan fingerprint density at radius 3 is 2.71 bits per heavy atom. The first-order chi connectivity index (χ1) is 7.91. The number of aromatic nitrogens is 3. The van der Waals surface area contributed by atoms with Gasteiger partial charge in [-0.3, -0.25) is 14.2 Å². The number of nitrogen functional groups attached to an aromatic ring is 1. The molecular weight excluding hydrogens is 246 g/mol. The number of carboxylic acid groups (broad SMARTS) is 1. The second-order valence-corrected chi connectivity index (χ2v) is 4.36. The quantitative estimate of drug-likeness (QED) is 0.584. The smallest absolute Gasteiger partial charge is 0.313 e. The molecule has 0 aromatic carbocycles. The van der Waals surface area contributed by atoms with Gasteiger partial charge in [0.25, 0.3) is 0 Å². The molecular formula is C8H13N5O3S. The number of primary amides is 1. The van der Waals surface area contributed by atoms with E-state index in [-0.39, 0.29) is 24.2 Å². The monoisotopic (exact) mass is 259 g/mol. The first kappa shape index (κ1) is 13.3. The highest BCUT2D eigenvalue weighted by Crippen LogP contribution is 2.24. The predicted molar refractivity (Wildman–Crippen MR) is 61.3 cm³/mol. The lowest BCUT2D eigenvalue weighted by Crippen LogP contribution is -2.19. The highest BCUT2D eigenvalue weighted by molar-refractivity contribution is 7.99. The summed E-state index contributed by atoms with van der Waals surface area (Å²) in [4.78, 5) is 21.3. The lowest BCUT2D eigenvalue weighted by atomic mass is 10.2. The van der Waals surface area contributed by atoms with Crippen LogP contribution in [0.4, 0.5) is 5.95 Å². The Morgan fingerprint density at radius 2 is 2.18 bits per heavy atom. The fourth-order valence-corrected chi connectivity index (χ4v) is 2.07. The number of nitrogens with zero attached hydrogens (tertiary/aromatic N) is 3. The van der Waals surface area contributed by atoms with E-state index in [1.54, 1.807) is 6.92 Å². The topological polar surface area (TPSA) is 137 Å². The maximum absolute atomic E-state index is 10.8. The summed E-state index contributed by atoms with van der Waals surface area (Å²) in [5, 5.41) is 16.3. The Bertz CT molecular complexity index is 433. The van der Waals surface area contributed by atoms with Crippen LogP contribution in [0.15, 0.2) is 5.16 Å². The van der Waals surface area contributed by atoms with Crippen LogP contribution >= 0.6 is 11.8 Å². The minimum atomic E-state index is -0.967. The second kappa shape index (κ2) is 5.53. The molecule has 1 atom stereocenters. The minimum Gasteiger partial charge on any atom is -0.481 e. The molecule has 0 saturated heterocycles. The van der Waals surface area contributed by atoms with Crippen LogP contribution in [-0.2, 0) is 9.59 Å². The number of aliphatic carboxylic acids is 1. The Balaban J connectivity index is 2.85. The van der Waals surface area contributed by atoms with Gasteiger partial charge >= 0.3 is 5.97 Å². The average Bonchev–Trinajstić information content (AvgIpc) is 2.55. The van der Waals surface area contributed by atoms with Crippen molar-refractivity contribution in [1.29, 1.82) is 0 Å².